The van der Waals surface area contributed by atoms with Gasteiger partial charge in [-0.25, -0.2) is 0 Å². The summed E-state index contributed by atoms with van der Waals surface area (Å²) in [4.78, 5) is 6.04. The summed E-state index contributed by atoms with van der Waals surface area (Å²) in [6, 6.07) is 49.0. The van der Waals surface area contributed by atoms with Crippen molar-refractivity contribution >= 4 is 60.8 Å². The number of anilines is 3. The minimum absolute atomic E-state index is 0.895. The minimum Gasteiger partial charge on any atom is -0.456 e. The Kier molecular flexibility index (Phi) is 4.82. The second kappa shape index (κ2) is 8.64. The number of aromatic nitrogens is 1. The second-order valence-electron chi connectivity index (χ2n) is 9.90. The molecular formula is C36H24N2O. The van der Waals surface area contributed by atoms with Crippen LogP contribution in [0.5, 0.6) is 0 Å². The zero-order chi connectivity index (χ0) is 25.8. The summed E-state index contributed by atoms with van der Waals surface area (Å²) < 4.78 is 6.28. The number of furan rings is 1. The normalized spacial score (nSPS) is 11.6. The van der Waals surface area contributed by atoms with Crippen LogP contribution in [0.1, 0.15) is 0 Å². The van der Waals surface area contributed by atoms with Crippen LogP contribution in [0.15, 0.2) is 144 Å². The van der Waals surface area contributed by atoms with E-state index in [-0.39, 0.29) is 0 Å². The summed E-state index contributed by atoms with van der Waals surface area (Å²) in [7, 11) is 0. The Morgan fingerprint density at radius 1 is 0.462 bits per heavy atom. The first-order valence-electron chi connectivity index (χ1n) is 13.2. The van der Waals surface area contributed by atoms with Crippen LogP contribution in [-0.2, 0) is 0 Å². The van der Waals surface area contributed by atoms with Gasteiger partial charge in [0.05, 0.1) is 5.52 Å². The van der Waals surface area contributed by atoms with E-state index in [1.54, 1.807) is 0 Å². The molecule has 0 atom stereocenters. The molecule has 0 saturated carbocycles. The quantitative estimate of drug-likeness (QED) is 0.261. The average Bonchev–Trinajstić information content (AvgIpc) is 3.56. The zero-order valence-corrected chi connectivity index (χ0v) is 21.1. The first kappa shape index (κ1) is 21.8. The SMILES string of the molecule is c1ccc(N(c2ccccc2)c2cc(-c3ccc4c(c3)oc3ccccc34)c3[nH]c4ccccc4c3c2)cc1. The Morgan fingerprint density at radius 3 is 1.87 bits per heavy atom. The third kappa shape index (κ3) is 3.52. The molecule has 0 aliphatic carbocycles. The summed E-state index contributed by atoms with van der Waals surface area (Å²) in [5, 5.41) is 4.68. The molecule has 0 radical (unpaired) electrons. The maximum absolute atomic E-state index is 6.28. The minimum atomic E-state index is 0.895. The highest BCUT2D eigenvalue weighted by Crippen LogP contribution is 2.43. The topological polar surface area (TPSA) is 32.2 Å². The van der Waals surface area contributed by atoms with Crippen molar-refractivity contribution in [1.29, 1.82) is 0 Å². The van der Waals surface area contributed by atoms with Gasteiger partial charge in [0.1, 0.15) is 11.2 Å². The molecule has 39 heavy (non-hydrogen) atoms. The van der Waals surface area contributed by atoms with Crippen molar-refractivity contribution in [2.75, 3.05) is 4.90 Å². The van der Waals surface area contributed by atoms with Crippen LogP contribution >= 0.6 is 0 Å². The van der Waals surface area contributed by atoms with Gasteiger partial charge in [-0.05, 0) is 66.2 Å². The predicted octanol–water partition coefficient (Wildman–Crippen LogP) is 10.4. The number of hydrogen-bond acceptors (Lipinski definition) is 2. The largest absolute Gasteiger partial charge is 0.456 e. The van der Waals surface area contributed by atoms with Crippen LogP contribution in [-0.4, -0.2) is 4.98 Å². The fraction of sp³-hybridized carbons (Fsp3) is 0. The lowest BCUT2D eigenvalue weighted by atomic mass is 9.99. The van der Waals surface area contributed by atoms with E-state index in [4.69, 9.17) is 4.42 Å². The lowest BCUT2D eigenvalue weighted by Gasteiger charge is -2.26. The summed E-state index contributed by atoms with van der Waals surface area (Å²) in [5.74, 6) is 0. The Balaban J connectivity index is 1.43. The molecular weight excluding hydrogens is 476 g/mol. The van der Waals surface area contributed by atoms with E-state index in [2.05, 4.69) is 137 Å². The number of rotatable bonds is 4. The fourth-order valence-corrected chi connectivity index (χ4v) is 5.79. The number of aromatic amines is 1. The summed E-state index contributed by atoms with van der Waals surface area (Å²) in [6.45, 7) is 0. The molecule has 6 aromatic carbocycles. The molecule has 1 N–H and O–H groups in total. The molecule has 0 spiro atoms. The van der Waals surface area contributed by atoms with Gasteiger partial charge >= 0.3 is 0 Å². The van der Waals surface area contributed by atoms with E-state index in [1.807, 2.05) is 12.1 Å². The fourth-order valence-electron chi connectivity index (χ4n) is 5.79. The van der Waals surface area contributed by atoms with Gasteiger partial charge < -0.3 is 14.3 Å². The van der Waals surface area contributed by atoms with Gasteiger partial charge in [0.15, 0.2) is 0 Å². The maximum atomic E-state index is 6.28. The van der Waals surface area contributed by atoms with Gasteiger partial charge in [0, 0.05) is 49.7 Å². The number of nitrogens with one attached hydrogen (secondary N) is 1. The van der Waals surface area contributed by atoms with Gasteiger partial charge in [0.25, 0.3) is 0 Å². The van der Waals surface area contributed by atoms with E-state index >= 15 is 0 Å². The highest BCUT2D eigenvalue weighted by Gasteiger charge is 2.18. The lowest BCUT2D eigenvalue weighted by molar-refractivity contribution is 0.669. The van der Waals surface area contributed by atoms with Crippen LogP contribution in [0, 0.1) is 0 Å². The monoisotopic (exact) mass is 500 g/mol. The van der Waals surface area contributed by atoms with Crippen molar-refractivity contribution in [2.24, 2.45) is 0 Å². The van der Waals surface area contributed by atoms with Gasteiger partial charge in [0.2, 0.25) is 0 Å². The molecule has 0 fully saturated rings. The molecule has 0 saturated heterocycles. The van der Waals surface area contributed by atoms with Gasteiger partial charge in [-0.2, -0.15) is 0 Å². The Labute approximate surface area is 225 Å². The molecule has 0 aliphatic rings. The van der Waals surface area contributed by atoms with E-state index in [9.17, 15) is 0 Å². The standard InChI is InChI=1S/C36H24N2O/c1-3-11-25(12-4-1)38(26-13-5-2-6-14-26)27-22-31(36-32(23-27)28-15-7-9-17-33(28)37-36)24-19-20-30-29-16-8-10-18-34(29)39-35(30)21-24/h1-23,37H. The van der Waals surface area contributed by atoms with Crippen LogP contribution < -0.4 is 4.90 Å². The van der Waals surface area contributed by atoms with Crippen LogP contribution in [0.2, 0.25) is 0 Å². The van der Waals surface area contributed by atoms with E-state index < -0.39 is 0 Å². The van der Waals surface area contributed by atoms with Crippen LogP contribution in [0.25, 0.3) is 54.9 Å². The molecule has 8 aromatic rings. The molecule has 3 nitrogen and oxygen atoms in total. The van der Waals surface area contributed by atoms with Crippen molar-refractivity contribution in [3.63, 3.8) is 0 Å². The highest BCUT2D eigenvalue weighted by atomic mass is 16.3. The van der Waals surface area contributed by atoms with Crippen molar-refractivity contribution in [2.45, 2.75) is 0 Å². The van der Waals surface area contributed by atoms with Crippen LogP contribution in [0.4, 0.5) is 17.1 Å². The molecule has 0 unspecified atom stereocenters. The molecule has 2 heterocycles. The molecule has 0 aliphatic heterocycles. The van der Waals surface area contributed by atoms with Gasteiger partial charge in [-0.15, -0.1) is 0 Å². The molecule has 8 rings (SSSR count). The molecule has 0 amide bonds. The predicted molar refractivity (Wildman–Crippen MR) is 163 cm³/mol. The molecule has 2 aromatic heterocycles. The van der Waals surface area contributed by atoms with Gasteiger partial charge in [-0.1, -0.05) is 78.9 Å². The van der Waals surface area contributed by atoms with Crippen LogP contribution in [0.3, 0.4) is 0 Å². The number of H-pyrrole nitrogens is 1. The maximum Gasteiger partial charge on any atom is 0.136 e. The number of nitrogens with zero attached hydrogens (tertiary/aromatic N) is 1. The van der Waals surface area contributed by atoms with E-state index in [1.165, 1.54) is 10.8 Å². The number of hydrogen-bond donors (Lipinski definition) is 1. The molecule has 184 valence electrons. The van der Waals surface area contributed by atoms with E-state index in [0.29, 0.717) is 0 Å². The third-order valence-corrected chi connectivity index (χ3v) is 7.58. The number of para-hydroxylation sites is 4. The van der Waals surface area contributed by atoms with E-state index in [0.717, 1.165) is 61.2 Å². The Morgan fingerprint density at radius 2 is 1.10 bits per heavy atom. The first-order chi connectivity index (χ1) is 19.3. The Hall–Kier alpha value is -5.28. The average molecular weight is 501 g/mol. The van der Waals surface area contributed by atoms with Crippen molar-refractivity contribution in [3.8, 4) is 11.1 Å². The van der Waals surface area contributed by atoms with Gasteiger partial charge in [-0.3, -0.25) is 0 Å². The number of fused-ring (bicyclic) bond motifs is 6. The first-order valence-corrected chi connectivity index (χ1v) is 13.2. The number of benzene rings is 6. The van der Waals surface area contributed by atoms with Crippen molar-refractivity contribution < 1.29 is 4.42 Å². The molecule has 3 heteroatoms. The highest BCUT2D eigenvalue weighted by molar-refractivity contribution is 6.14. The second-order valence-corrected chi connectivity index (χ2v) is 9.90. The molecule has 0 bridgehead atoms. The summed E-state index contributed by atoms with van der Waals surface area (Å²) in [6.07, 6.45) is 0. The summed E-state index contributed by atoms with van der Waals surface area (Å²) in [5.41, 5.74) is 9.63. The summed E-state index contributed by atoms with van der Waals surface area (Å²) >= 11 is 0. The van der Waals surface area contributed by atoms with Crippen molar-refractivity contribution in [1.82, 2.24) is 4.98 Å². The van der Waals surface area contributed by atoms with Crippen molar-refractivity contribution in [3.05, 3.63) is 140 Å². The lowest BCUT2D eigenvalue weighted by Crippen LogP contribution is -2.09. The Bertz CT molecular complexity index is 2080. The third-order valence-electron chi connectivity index (χ3n) is 7.58. The smallest absolute Gasteiger partial charge is 0.136 e. The zero-order valence-electron chi connectivity index (χ0n) is 21.1.